The van der Waals surface area contributed by atoms with Crippen LogP contribution in [0.3, 0.4) is 0 Å². The molecule has 1 heterocycles. The average Bonchev–Trinajstić information content (AvgIpc) is 2.30. The number of phenols is 1. The van der Waals surface area contributed by atoms with Crippen molar-refractivity contribution >= 4 is 0 Å². The number of alkyl halides is 3. The second-order valence-electron chi connectivity index (χ2n) is 4.83. The molecule has 1 aliphatic heterocycles. The molecule has 1 aromatic carbocycles. The Morgan fingerprint density at radius 2 is 2.10 bits per heavy atom. The molecule has 6 heteroatoms. The Labute approximate surface area is 115 Å². The summed E-state index contributed by atoms with van der Waals surface area (Å²) in [5, 5.41) is 9.55. The second kappa shape index (κ2) is 5.52. The zero-order valence-corrected chi connectivity index (χ0v) is 11.2. The molecule has 1 saturated heterocycles. The number of halogens is 3. The van der Waals surface area contributed by atoms with E-state index in [0.717, 1.165) is 0 Å². The summed E-state index contributed by atoms with van der Waals surface area (Å²) in [6.07, 6.45) is -4.23. The van der Waals surface area contributed by atoms with Gasteiger partial charge in [-0.2, -0.15) is 13.2 Å². The molecule has 1 atom stereocenters. The van der Waals surface area contributed by atoms with Crippen LogP contribution in [0.1, 0.15) is 25.3 Å². The Morgan fingerprint density at radius 1 is 1.40 bits per heavy atom. The highest BCUT2D eigenvalue weighted by Gasteiger charge is 2.59. The molecule has 0 saturated carbocycles. The summed E-state index contributed by atoms with van der Waals surface area (Å²) >= 11 is 0. The molecule has 0 bridgehead atoms. The fourth-order valence-corrected chi connectivity index (χ4v) is 2.24. The lowest BCUT2D eigenvalue weighted by atomic mass is 9.87. The van der Waals surface area contributed by atoms with E-state index in [2.05, 4.69) is 0 Å². The van der Waals surface area contributed by atoms with Crippen molar-refractivity contribution < 1.29 is 27.8 Å². The summed E-state index contributed by atoms with van der Waals surface area (Å²) in [5.74, 6) is 0.279. The number of hydrogen-bond acceptors (Lipinski definition) is 3. The monoisotopic (exact) mass is 290 g/mol. The first-order valence-electron chi connectivity index (χ1n) is 6.53. The number of phenolic OH excluding ortho intramolecular Hbond substituents is 1. The van der Waals surface area contributed by atoms with Crippen LogP contribution < -0.4 is 4.74 Å². The highest BCUT2D eigenvalue weighted by molar-refractivity contribution is 5.41. The predicted octanol–water partition coefficient (Wildman–Crippen LogP) is 3.44. The van der Waals surface area contributed by atoms with Crippen LogP contribution in [0.4, 0.5) is 13.2 Å². The summed E-state index contributed by atoms with van der Waals surface area (Å²) in [5.41, 5.74) is -1.32. The third-order valence-electron chi connectivity index (χ3n) is 3.54. The summed E-state index contributed by atoms with van der Waals surface area (Å²) in [7, 11) is 0. The first-order chi connectivity index (χ1) is 9.38. The number of rotatable bonds is 5. The highest BCUT2D eigenvalue weighted by atomic mass is 19.4. The molecular formula is C14H17F3O3. The van der Waals surface area contributed by atoms with Gasteiger partial charge in [-0.05, 0) is 37.5 Å². The molecule has 0 spiro atoms. The molecule has 112 valence electrons. The standard InChI is InChI=1S/C14H17F3O3/c1-2-19-12-9-10(3-4-11(12)18)5-6-13(7-8-20-13)14(15,16)17/h3-4,9,18H,2,5-8H2,1H3. The van der Waals surface area contributed by atoms with Crippen LogP contribution >= 0.6 is 0 Å². The molecule has 1 N–H and O–H groups in total. The van der Waals surface area contributed by atoms with E-state index in [0.29, 0.717) is 17.9 Å². The lowest BCUT2D eigenvalue weighted by Gasteiger charge is -2.43. The molecule has 2 rings (SSSR count). The fraction of sp³-hybridized carbons (Fsp3) is 0.571. The third-order valence-corrected chi connectivity index (χ3v) is 3.54. The maximum Gasteiger partial charge on any atom is 0.417 e. The van der Waals surface area contributed by atoms with Crippen LogP contribution in [0, 0.1) is 0 Å². The van der Waals surface area contributed by atoms with Crippen molar-refractivity contribution in [3.63, 3.8) is 0 Å². The average molecular weight is 290 g/mol. The van der Waals surface area contributed by atoms with E-state index < -0.39 is 11.8 Å². The number of hydrogen-bond donors (Lipinski definition) is 1. The van der Waals surface area contributed by atoms with Crippen molar-refractivity contribution in [3.05, 3.63) is 23.8 Å². The van der Waals surface area contributed by atoms with Gasteiger partial charge in [0, 0.05) is 6.42 Å². The Bertz CT molecular complexity index is 467. The molecule has 1 unspecified atom stereocenters. The number of aromatic hydroxyl groups is 1. The summed E-state index contributed by atoms with van der Waals surface area (Å²) in [6.45, 7) is 2.30. The van der Waals surface area contributed by atoms with Crippen LogP contribution in [0.25, 0.3) is 0 Å². The molecule has 20 heavy (non-hydrogen) atoms. The lowest BCUT2D eigenvalue weighted by Crippen LogP contribution is -2.55. The van der Waals surface area contributed by atoms with Gasteiger partial charge in [-0.25, -0.2) is 0 Å². The second-order valence-corrected chi connectivity index (χ2v) is 4.83. The summed E-state index contributed by atoms with van der Waals surface area (Å²) in [4.78, 5) is 0. The quantitative estimate of drug-likeness (QED) is 0.902. The van der Waals surface area contributed by atoms with Gasteiger partial charge in [0.05, 0.1) is 13.2 Å². The van der Waals surface area contributed by atoms with E-state index in [1.54, 1.807) is 19.1 Å². The number of aryl methyl sites for hydroxylation is 1. The van der Waals surface area contributed by atoms with E-state index >= 15 is 0 Å². The highest BCUT2D eigenvalue weighted by Crippen LogP contribution is 2.45. The Balaban J connectivity index is 2.05. The predicted molar refractivity (Wildman–Crippen MR) is 67.0 cm³/mol. The maximum atomic E-state index is 12.9. The van der Waals surface area contributed by atoms with Crippen molar-refractivity contribution in [2.75, 3.05) is 13.2 Å². The van der Waals surface area contributed by atoms with Crippen LogP contribution in [-0.4, -0.2) is 30.1 Å². The van der Waals surface area contributed by atoms with Gasteiger partial charge in [-0.3, -0.25) is 0 Å². The van der Waals surface area contributed by atoms with Crippen LogP contribution in [-0.2, 0) is 11.2 Å². The smallest absolute Gasteiger partial charge is 0.417 e. The first kappa shape index (κ1) is 15.0. The van der Waals surface area contributed by atoms with E-state index in [1.807, 2.05) is 0 Å². The van der Waals surface area contributed by atoms with Crippen LogP contribution in [0.15, 0.2) is 18.2 Å². The fourth-order valence-electron chi connectivity index (χ4n) is 2.24. The maximum absolute atomic E-state index is 12.9. The van der Waals surface area contributed by atoms with Gasteiger partial charge < -0.3 is 14.6 Å². The van der Waals surface area contributed by atoms with E-state index in [9.17, 15) is 18.3 Å². The summed E-state index contributed by atoms with van der Waals surface area (Å²) < 4.78 is 48.8. The molecule has 3 nitrogen and oxygen atoms in total. The SMILES string of the molecule is CCOc1cc(CCC2(C(F)(F)F)CCO2)ccc1O. The van der Waals surface area contributed by atoms with E-state index in [1.165, 1.54) is 6.07 Å². The van der Waals surface area contributed by atoms with Crippen molar-refractivity contribution in [2.24, 2.45) is 0 Å². The van der Waals surface area contributed by atoms with E-state index in [4.69, 9.17) is 9.47 Å². The minimum Gasteiger partial charge on any atom is -0.504 e. The topological polar surface area (TPSA) is 38.7 Å². The van der Waals surface area contributed by atoms with Crippen LogP contribution in [0.2, 0.25) is 0 Å². The minimum absolute atomic E-state index is 0.00685. The van der Waals surface area contributed by atoms with Gasteiger partial charge in [-0.15, -0.1) is 0 Å². The molecule has 1 fully saturated rings. The van der Waals surface area contributed by atoms with Gasteiger partial charge in [0.1, 0.15) is 0 Å². The zero-order valence-electron chi connectivity index (χ0n) is 11.2. The van der Waals surface area contributed by atoms with Crippen molar-refractivity contribution in [1.29, 1.82) is 0 Å². The van der Waals surface area contributed by atoms with E-state index in [-0.39, 0.29) is 31.6 Å². The molecule has 1 aliphatic rings. The number of ether oxygens (including phenoxy) is 2. The molecule has 0 aliphatic carbocycles. The van der Waals surface area contributed by atoms with Crippen molar-refractivity contribution in [2.45, 2.75) is 38.0 Å². The largest absolute Gasteiger partial charge is 0.504 e. The number of benzene rings is 1. The Hall–Kier alpha value is -1.43. The first-order valence-corrected chi connectivity index (χ1v) is 6.53. The molecule has 0 amide bonds. The summed E-state index contributed by atoms with van der Waals surface area (Å²) in [6, 6.07) is 4.60. The normalized spacial score (nSPS) is 22.4. The molecule has 0 radical (unpaired) electrons. The molecule has 0 aromatic heterocycles. The lowest BCUT2D eigenvalue weighted by molar-refractivity contribution is -0.327. The Morgan fingerprint density at radius 3 is 2.60 bits per heavy atom. The van der Waals surface area contributed by atoms with Gasteiger partial charge in [0.15, 0.2) is 17.1 Å². The van der Waals surface area contributed by atoms with Crippen molar-refractivity contribution in [1.82, 2.24) is 0 Å². The molecule has 1 aromatic rings. The van der Waals surface area contributed by atoms with Gasteiger partial charge >= 0.3 is 6.18 Å². The third kappa shape index (κ3) is 2.85. The van der Waals surface area contributed by atoms with Gasteiger partial charge in [0.25, 0.3) is 0 Å². The Kier molecular flexibility index (Phi) is 4.13. The van der Waals surface area contributed by atoms with Gasteiger partial charge in [0.2, 0.25) is 0 Å². The van der Waals surface area contributed by atoms with Gasteiger partial charge in [-0.1, -0.05) is 6.07 Å². The molecular weight excluding hydrogens is 273 g/mol. The van der Waals surface area contributed by atoms with Crippen molar-refractivity contribution in [3.8, 4) is 11.5 Å². The minimum atomic E-state index is -4.34. The zero-order chi connectivity index (χ0) is 14.8. The van der Waals surface area contributed by atoms with Crippen LogP contribution in [0.5, 0.6) is 11.5 Å².